The summed E-state index contributed by atoms with van der Waals surface area (Å²) in [5, 5.41) is 6.64. The topological polar surface area (TPSA) is 52.7 Å². The van der Waals surface area contributed by atoms with Crippen LogP contribution in [0.3, 0.4) is 0 Å². The third-order valence-electron chi connectivity index (χ3n) is 4.22. The lowest BCUT2D eigenvalue weighted by Gasteiger charge is -2.10. The van der Waals surface area contributed by atoms with E-state index in [4.69, 9.17) is 0 Å². The highest BCUT2D eigenvalue weighted by molar-refractivity contribution is 7.99. The molecule has 0 saturated heterocycles. The average Bonchev–Trinajstić information content (AvgIpc) is 3.12. The Hall–Kier alpha value is -2.62. The second kappa shape index (κ2) is 7.42. The Morgan fingerprint density at radius 3 is 2.50 bits per heavy atom. The minimum atomic E-state index is -4.61. The summed E-state index contributed by atoms with van der Waals surface area (Å²) in [7, 11) is 1.20. The van der Waals surface area contributed by atoms with E-state index in [1.54, 1.807) is 36.6 Å². The van der Waals surface area contributed by atoms with Gasteiger partial charge in [0.25, 0.3) is 0 Å². The average molecular weight is 412 g/mol. The first-order valence-electron chi connectivity index (χ1n) is 8.17. The van der Waals surface area contributed by atoms with Crippen molar-refractivity contribution >= 4 is 17.5 Å². The van der Waals surface area contributed by atoms with Crippen molar-refractivity contribution in [2.24, 2.45) is 7.05 Å². The van der Waals surface area contributed by atoms with Gasteiger partial charge in [0.2, 0.25) is 5.82 Å². The smallest absolute Gasteiger partial charge is 0.318 e. The molecule has 0 saturated carbocycles. The lowest BCUT2D eigenvalue weighted by Crippen LogP contribution is -2.13. The molecule has 0 aliphatic heterocycles. The number of alkyl halides is 3. The van der Waals surface area contributed by atoms with Crippen LogP contribution in [0.4, 0.5) is 17.6 Å². The van der Waals surface area contributed by atoms with Crippen molar-refractivity contribution in [2.75, 3.05) is 5.75 Å². The molecule has 0 radical (unpaired) electrons. The summed E-state index contributed by atoms with van der Waals surface area (Å²) < 4.78 is 54.5. The second-order valence-corrected chi connectivity index (χ2v) is 7.12. The fraction of sp³-hybridized carbons (Fsp3) is 0.278. The predicted molar refractivity (Wildman–Crippen MR) is 96.3 cm³/mol. The maximum Gasteiger partial charge on any atom is 0.451 e. The lowest BCUT2D eigenvalue weighted by molar-refractivity contribution is -0.147. The predicted octanol–water partition coefficient (Wildman–Crippen LogP) is 4.36. The third kappa shape index (κ3) is 3.82. The van der Waals surface area contributed by atoms with Gasteiger partial charge in [-0.15, -0.1) is 10.2 Å². The van der Waals surface area contributed by atoms with E-state index in [0.717, 1.165) is 22.0 Å². The van der Waals surface area contributed by atoms with Gasteiger partial charge in [-0.1, -0.05) is 17.8 Å². The molecule has 2 aromatic heterocycles. The molecule has 2 heterocycles. The summed E-state index contributed by atoms with van der Waals surface area (Å²) in [5.41, 5.74) is 2.38. The van der Waals surface area contributed by atoms with E-state index in [9.17, 15) is 22.4 Å². The van der Waals surface area contributed by atoms with Gasteiger partial charge in [-0.25, -0.2) is 4.39 Å². The Morgan fingerprint density at radius 2 is 1.89 bits per heavy atom. The van der Waals surface area contributed by atoms with E-state index in [0.29, 0.717) is 16.9 Å². The van der Waals surface area contributed by atoms with Crippen molar-refractivity contribution < 1.29 is 22.4 Å². The zero-order chi connectivity index (χ0) is 20.6. The molecule has 0 aliphatic rings. The first-order chi connectivity index (χ1) is 13.1. The number of aromatic nitrogens is 4. The van der Waals surface area contributed by atoms with Gasteiger partial charge >= 0.3 is 6.18 Å². The van der Waals surface area contributed by atoms with E-state index in [1.165, 1.54) is 19.2 Å². The summed E-state index contributed by atoms with van der Waals surface area (Å²) in [6, 6.07) is 7.68. The minimum absolute atomic E-state index is 0.000358. The zero-order valence-corrected chi connectivity index (χ0v) is 16.0. The van der Waals surface area contributed by atoms with Gasteiger partial charge in [0, 0.05) is 29.7 Å². The molecular weight excluding hydrogens is 396 g/mol. The van der Waals surface area contributed by atoms with Gasteiger partial charge in [-0.05, 0) is 38.1 Å². The summed E-state index contributed by atoms with van der Waals surface area (Å²) in [6.07, 6.45) is -4.61. The summed E-state index contributed by atoms with van der Waals surface area (Å²) in [6.45, 7) is 3.53. The van der Waals surface area contributed by atoms with Gasteiger partial charge in [0.05, 0.1) is 5.75 Å². The van der Waals surface area contributed by atoms with Crippen LogP contribution in [0.2, 0.25) is 0 Å². The molecule has 1 aromatic carbocycles. The Balaban J connectivity index is 1.81. The van der Waals surface area contributed by atoms with Crippen molar-refractivity contribution in [3.63, 3.8) is 0 Å². The fourth-order valence-electron chi connectivity index (χ4n) is 2.95. The van der Waals surface area contributed by atoms with E-state index in [2.05, 4.69) is 10.2 Å². The van der Waals surface area contributed by atoms with Crippen molar-refractivity contribution in [1.29, 1.82) is 0 Å². The van der Waals surface area contributed by atoms with Crippen LogP contribution >= 0.6 is 11.8 Å². The molecule has 3 rings (SSSR count). The molecule has 0 bridgehead atoms. The molecule has 28 heavy (non-hydrogen) atoms. The minimum Gasteiger partial charge on any atom is -0.318 e. The van der Waals surface area contributed by atoms with Crippen LogP contribution in [0, 0.1) is 19.7 Å². The molecule has 0 aliphatic carbocycles. The van der Waals surface area contributed by atoms with Crippen LogP contribution in [0.25, 0.3) is 5.69 Å². The first kappa shape index (κ1) is 20.1. The largest absolute Gasteiger partial charge is 0.451 e. The maximum atomic E-state index is 13.5. The lowest BCUT2D eigenvalue weighted by atomic mass is 10.2. The fourth-order valence-corrected chi connectivity index (χ4v) is 3.75. The van der Waals surface area contributed by atoms with Gasteiger partial charge in [0.15, 0.2) is 10.9 Å². The molecule has 5 nitrogen and oxygen atoms in total. The molecular formula is C18H16F4N4OS. The highest BCUT2D eigenvalue weighted by Crippen LogP contribution is 2.30. The third-order valence-corrected chi connectivity index (χ3v) is 5.24. The number of nitrogens with zero attached hydrogens (tertiary/aromatic N) is 4. The van der Waals surface area contributed by atoms with E-state index in [1.807, 2.05) is 0 Å². The van der Waals surface area contributed by atoms with Gasteiger partial charge < -0.3 is 9.13 Å². The van der Waals surface area contributed by atoms with Gasteiger partial charge in [0.1, 0.15) is 5.82 Å². The standard InChI is InChI=1S/C18H16F4N4OS/c1-10-7-14(11(2)26(10)13-6-4-5-12(19)8-13)15(27)9-28-17-24-23-16(25(17)3)18(20,21)22/h4-8H,9H2,1-3H3. The number of hydrogen-bond donors (Lipinski definition) is 0. The van der Waals surface area contributed by atoms with Crippen molar-refractivity contribution in [1.82, 2.24) is 19.3 Å². The molecule has 0 atom stereocenters. The highest BCUT2D eigenvalue weighted by Gasteiger charge is 2.37. The molecule has 0 fully saturated rings. The van der Waals surface area contributed by atoms with Crippen molar-refractivity contribution in [3.8, 4) is 5.69 Å². The SMILES string of the molecule is Cc1cc(C(=O)CSc2nnc(C(F)(F)F)n2C)c(C)n1-c1cccc(F)c1. The Bertz CT molecular complexity index is 1040. The number of carbonyl (C=O) groups is 1. The number of Topliss-reactive ketones (excluding diaryl/α,β-unsaturated/α-hetero) is 1. The number of carbonyl (C=O) groups excluding carboxylic acids is 1. The van der Waals surface area contributed by atoms with E-state index >= 15 is 0 Å². The maximum absolute atomic E-state index is 13.5. The highest BCUT2D eigenvalue weighted by atomic mass is 32.2. The number of ketones is 1. The second-order valence-electron chi connectivity index (χ2n) is 6.17. The number of rotatable bonds is 5. The van der Waals surface area contributed by atoms with Crippen molar-refractivity contribution in [3.05, 3.63) is 58.9 Å². The number of hydrogen-bond acceptors (Lipinski definition) is 4. The zero-order valence-electron chi connectivity index (χ0n) is 15.2. The molecule has 0 N–H and O–H groups in total. The number of thioether (sulfide) groups is 1. The van der Waals surface area contributed by atoms with Crippen LogP contribution in [0.1, 0.15) is 27.6 Å². The van der Waals surface area contributed by atoms with Crippen LogP contribution in [0.5, 0.6) is 0 Å². The summed E-state index contributed by atoms with van der Waals surface area (Å²) in [5.74, 6) is -1.88. The quantitative estimate of drug-likeness (QED) is 0.355. The van der Waals surface area contributed by atoms with Crippen LogP contribution in [-0.2, 0) is 13.2 Å². The summed E-state index contributed by atoms with van der Waals surface area (Å²) >= 11 is 0.880. The van der Waals surface area contributed by atoms with E-state index in [-0.39, 0.29) is 16.7 Å². The number of halogens is 4. The number of benzene rings is 1. The molecule has 3 aromatic rings. The van der Waals surface area contributed by atoms with Crippen LogP contribution in [-0.4, -0.2) is 30.9 Å². The summed E-state index contributed by atoms with van der Waals surface area (Å²) in [4.78, 5) is 12.6. The first-order valence-corrected chi connectivity index (χ1v) is 9.15. The molecule has 0 amide bonds. The van der Waals surface area contributed by atoms with Crippen LogP contribution < -0.4 is 0 Å². The molecule has 0 spiro atoms. The molecule has 10 heteroatoms. The number of aryl methyl sites for hydroxylation is 1. The molecule has 148 valence electrons. The van der Waals surface area contributed by atoms with Gasteiger partial charge in [-0.3, -0.25) is 4.79 Å². The Morgan fingerprint density at radius 1 is 1.18 bits per heavy atom. The van der Waals surface area contributed by atoms with Crippen molar-refractivity contribution in [2.45, 2.75) is 25.2 Å². The van der Waals surface area contributed by atoms with Crippen LogP contribution in [0.15, 0.2) is 35.5 Å². The molecule has 0 unspecified atom stereocenters. The normalized spacial score (nSPS) is 11.8. The Labute approximate surface area is 162 Å². The van der Waals surface area contributed by atoms with E-state index < -0.39 is 17.8 Å². The monoisotopic (exact) mass is 412 g/mol. The Kier molecular flexibility index (Phi) is 5.33. The van der Waals surface area contributed by atoms with Gasteiger partial charge in [-0.2, -0.15) is 13.2 Å².